The number of hydrogen-bond acceptors (Lipinski definition) is 4. The van der Waals surface area contributed by atoms with Crippen molar-refractivity contribution in [1.82, 2.24) is 16.0 Å². The monoisotopic (exact) mass is 478 g/mol. The second-order valence-corrected chi connectivity index (χ2v) is 5.65. The fourth-order valence-electron chi connectivity index (χ4n) is 2.29. The van der Waals surface area contributed by atoms with Crippen molar-refractivity contribution in [1.29, 1.82) is 0 Å². The summed E-state index contributed by atoms with van der Waals surface area (Å²) in [7, 11) is 3.25. The maximum absolute atomic E-state index is 11.8. The van der Waals surface area contributed by atoms with Crippen molar-refractivity contribution in [2.45, 2.75) is 26.8 Å². The van der Waals surface area contributed by atoms with Crippen LogP contribution in [-0.4, -0.2) is 52.3 Å². The largest absolute Gasteiger partial charge is 0.496 e. The quantitative estimate of drug-likeness (QED) is 0.219. The number of carbonyl (C=O) groups is 1. The second-order valence-electron chi connectivity index (χ2n) is 5.65. The van der Waals surface area contributed by atoms with Crippen LogP contribution in [0.25, 0.3) is 0 Å². The van der Waals surface area contributed by atoms with Gasteiger partial charge in [-0.1, -0.05) is 17.7 Å². The van der Waals surface area contributed by atoms with Gasteiger partial charge >= 0.3 is 0 Å². The lowest BCUT2D eigenvalue weighted by Gasteiger charge is -2.20. The van der Waals surface area contributed by atoms with Crippen LogP contribution in [0.3, 0.4) is 0 Å². The minimum Gasteiger partial charge on any atom is -0.496 e. The smallest absolute Gasteiger partial charge is 0.241 e. The van der Waals surface area contributed by atoms with E-state index in [9.17, 15) is 4.79 Å². The van der Waals surface area contributed by atoms with E-state index in [0.29, 0.717) is 25.7 Å². The standard InChI is InChI=1S/C18H30N4O3.HI/c1-6-19-18(21-12-17(23)20-9-10-24-4)22-14(3)15-11-13(2)7-8-16(15)25-5;/h7-8,11,14H,6,9-10,12H2,1-5H3,(H,20,23)(H2,19,21,22);1H. The molecule has 1 rings (SSSR count). The van der Waals surface area contributed by atoms with Gasteiger partial charge in [-0.2, -0.15) is 0 Å². The van der Waals surface area contributed by atoms with E-state index in [0.717, 1.165) is 16.9 Å². The Hall–Kier alpha value is -1.55. The number of methoxy groups -OCH3 is 2. The third kappa shape index (κ3) is 8.70. The average molecular weight is 478 g/mol. The summed E-state index contributed by atoms with van der Waals surface area (Å²) in [5.74, 6) is 1.26. The van der Waals surface area contributed by atoms with Gasteiger partial charge in [0, 0.05) is 25.8 Å². The molecule has 0 aliphatic heterocycles. The van der Waals surface area contributed by atoms with Crippen LogP contribution in [0.5, 0.6) is 5.75 Å². The molecule has 8 heteroatoms. The fourth-order valence-corrected chi connectivity index (χ4v) is 2.29. The maximum Gasteiger partial charge on any atom is 0.241 e. The average Bonchev–Trinajstić information content (AvgIpc) is 2.60. The maximum atomic E-state index is 11.8. The first-order valence-corrected chi connectivity index (χ1v) is 8.46. The Morgan fingerprint density at radius 1 is 1.27 bits per heavy atom. The predicted octanol–water partition coefficient (Wildman–Crippen LogP) is 2.00. The number of guanidine groups is 1. The molecule has 3 N–H and O–H groups in total. The number of benzene rings is 1. The minimum atomic E-state index is -0.143. The number of nitrogens with one attached hydrogen (secondary N) is 3. The van der Waals surface area contributed by atoms with Crippen molar-refractivity contribution in [3.05, 3.63) is 29.3 Å². The first kappa shape index (κ1) is 24.5. The van der Waals surface area contributed by atoms with Crippen molar-refractivity contribution in [3.8, 4) is 5.75 Å². The van der Waals surface area contributed by atoms with Gasteiger partial charge < -0.3 is 25.4 Å². The molecule has 148 valence electrons. The Balaban J connectivity index is 0.00000625. The Labute approximate surface area is 173 Å². The summed E-state index contributed by atoms with van der Waals surface area (Å²) in [4.78, 5) is 16.1. The Morgan fingerprint density at radius 3 is 2.62 bits per heavy atom. The van der Waals surface area contributed by atoms with Crippen molar-refractivity contribution in [3.63, 3.8) is 0 Å². The first-order chi connectivity index (χ1) is 12.0. The Morgan fingerprint density at radius 2 is 2.00 bits per heavy atom. The van der Waals surface area contributed by atoms with Gasteiger partial charge in [0.25, 0.3) is 0 Å². The van der Waals surface area contributed by atoms with E-state index < -0.39 is 0 Å². The highest BCUT2D eigenvalue weighted by Gasteiger charge is 2.13. The van der Waals surface area contributed by atoms with Gasteiger partial charge in [0.15, 0.2) is 5.96 Å². The summed E-state index contributed by atoms with van der Waals surface area (Å²) in [6.45, 7) is 7.77. The number of nitrogens with zero attached hydrogens (tertiary/aromatic N) is 1. The molecule has 0 bridgehead atoms. The second kappa shape index (κ2) is 13.6. The third-order valence-corrected chi connectivity index (χ3v) is 3.56. The zero-order chi connectivity index (χ0) is 18.7. The number of aliphatic imine (C=N–C) groups is 1. The van der Waals surface area contributed by atoms with Crippen LogP contribution in [0.2, 0.25) is 0 Å². The number of carbonyl (C=O) groups excluding carboxylic acids is 1. The van der Waals surface area contributed by atoms with Gasteiger partial charge in [-0.3, -0.25) is 4.79 Å². The summed E-state index contributed by atoms with van der Waals surface area (Å²) >= 11 is 0. The molecule has 1 amide bonds. The Bertz CT molecular complexity index is 582. The number of hydrogen-bond donors (Lipinski definition) is 3. The molecule has 1 unspecified atom stereocenters. The fraction of sp³-hybridized carbons (Fsp3) is 0.556. The van der Waals surface area contributed by atoms with E-state index in [1.165, 1.54) is 0 Å². The molecule has 0 fully saturated rings. The lowest BCUT2D eigenvalue weighted by Crippen LogP contribution is -2.40. The molecule has 7 nitrogen and oxygen atoms in total. The summed E-state index contributed by atoms with van der Waals surface area (Å²) in [6.07, 6.45) is 0. The predicted molar refractivity (Wildman–Crippen MR) is 116 cm³/mol. The summed E-state index contributed by atoms with van der Waals surface area (Å²) in [5, 5.41) is 9.21. The van der Waals surface area contributed by atoms with E-state index in [2.05, 4.69) is 27.0 Å². The number of amides is 1. The molecule has 0 aliphatic carbocycles. The summed E-state index contributed by atoms with van der Waals surface area (Å²) in [5.41, 5.74) is 2.20. The number of halogens is 1. The summed E-state index contributed by atoms with van der Waals surface area (Å²) in [6, 6.07) is 6.02. The molecule has 0 saturated heterocycles. The van der Waals surface area contributed by atoms with Gasteiger partial charge in [0.05, 0.1) is 19.8 Å². The zero-order valence-corrected chi connectivity index (χ0v) is 18.5. The van der Waals surface area contributed by atoms with E-state index in [-0.39, 0.29) is 42.5 Å². The van der Waals surface area contributed by atoms with Gasteiger partial charge in [-0.05, 0) is 26.8 Å². The molecule has 26 heavy (non-hydrogen) atoms. The van der Waals surface area contributed by atoms with Crippen molar-refractivity contribution in [2.24, 2.45) is 4.99 Å². The SMILES string of the molecule is CCNC(=NCC(=O)NCCOC)NC(C)c1cc(C)ccc1OC.I. The van der Waals surface area contributed by atoms with Crippen LogP contribution in [0.1, 0.15) is 31.0 Å². The molecular weight excluding hydrogens is 447 g/mol. The van der Waals surface area contributed by atoms with E-state index in [1.807, 2.05) is 32.9 Å². The molecular formula is C18H31IN4O3. The molecule has 1 atom stereocenters. The lowest BCUT2D eigenvalue weighted by molar-refractivity contribution is -0.119. The van der Waals surface area contributed by atoms with Gasteiger partial charge in [0.2, 0.25) is 5.91 Å². The van der Waals surface area contributed by atoms with E-state index >= 15 is 0 Å². The van der Waals surface area contributed by atoms with Crippen LogP contribution < -0.4 is 20.7 Å². The Kier molecular flexibility index (Phi) is 12.8. The van der Waals surface area contributed by atoms with Crippen molar-refractivity contribution >= 4 is 35.8 Å². The van der Waals surface area contributed by atoms with Crippen LogP contribution in [0.15, 0.2) is 23.2 Å². The molecule has 0 aromatic heterocycles. The molecule has 0 saturated carbocycles. The van der Waals surface area contributed by atoms with E-state index in [4.69, 9.17) is 9.47 Å². The molecule has 1 aromatic carbocycles. The molecule has 0 aliphatic rings. The van der Waals surface area contributed by atoms with Crippen LogP contribution in [-0.2, 0) is 9.53 Å². The number of rotatable bonds is 9. The van der Waals surface area contributed by atoms with Crippen LogP contribution in [0.4, 0.5) is 0 Å². The van der Waals surface area contributed by atoms with Gasteiger partial charge in [-0.25, -0.2) is 4.99 Å². The third-order valence-electron chi connectivity index (χ3n) is 3.56. The number of ether oxygens (including phenoxy) is 2. The minimum absolute atomic E-state index is 0. The topological polar surface area (TPSA) is 84.0 Å². The number of aryl methyl sites for hydroxylation is 1. The molecule has 0 heterocycles. The highest BCUT2D eigenvalue weighted by Crippen LogP contribution is 2.25. The van der Waals surface area contributed by atoms with Crippen LogP contribution >= 0.6 is 24.0 Å². The van der Waals surface area contributed by atoms with Crippen LogP contribution in [0, 0.1) is 6.92 Å². The summed E-state index contributed by atoms with van der Waals surface area (Å²) < 4.78 is 10.3. The first-order valence-electron chi connectivity index (χ1n) is 8.46. The van der Waals surface area contributed by atoms with Crippen molar-refractivity contribution < 1.29 is 14.3 Å². The van der Waals surface area contributed by atoms with Crippen molar-refractivity contribution in [2.75, 3.05) is 40.5 Å². The molecule has 1 aromatic rings. The molecule has 0 spiro atoms. The van der Waals surface area contributed by atoms with Gasteiger partial charge in [0.1, 0.15) is 12.3 Å². The normalized spacial score (nSPS) is 12.0. The molecule has 0 radical (unpaired) electrons. The van der Waals surface area contributed by atoms with E-state index in [1.54, 1.807) is 14.2 Å². The lowest BCUT2D eigenvalue weighted by atomic mass is 10.0. The van der Waals surface area contributed by atoms with Gasteiger partial charge in [-0.15, -0.1) is 24.0 Å². The highest BCUT2D eigenvalue weighted by molar-refractivity contribution is 14.0. The highest BCUT2D eigenvalue weighted by atomic mass is 127. The zero-order valence-electron chi connectivity index (χ0n) is 16.2.